The van der Waals surface area contributed by atoms with Crippen molar-refractivity contribution in [2.45, 2.75) is 31.3 Å². The number of hydrogen-bond acceptors (Lipinski definition) is 4. The minimum Gasteiger partial charge on any atom is -0.392 e. The summed E-state index contributed by atoms with van der Waals surface area (Å²) in [6.45, 7) is 0.617. The number of benzene rings is 1. The molecule has 1 aromatic heterocycles. The number of aliphatic hydroxyl groups excluding tert-OH is 1. The Morgan fingerprint density at radius 3 is 2.73 bits per heavy atom. The number of likely N-dealkylation sites (tertiary alicyclic amines) is 1. The summed E-state index contributed by atoms with van der Waals surface area (Å²) in [5.41, 5.74) is -0.470. The van der Waals surface area contributed by atoms with Crippen LogP contribution in [0.25, 0.3) is 0 Å². The molecule has 1 aromatic carbocycles. The summed E-state index contributed by atoms with van der Waals surface area (Å²) in [5, 5.41) is 13.5. The van der Waals surface area contributed by atoms with Crippen molar-refractivity contribution >= 4 is 0 Å². The first-order chi connectivity index (χ1) is 10.4. The SMILES string of the molecule is O[C@H]1C[C@@H](c2ccccc2C(F)(F)F)N(Cc2ccno2)C1. The highest BCUT2D eigenvalue weighted by Crippen LogP contribution is 2.40. The molecule has 1 fully saturated rings. The average Bonchev–Trinajstić information content (AvgIpc) is 3.08. The molecule has 1 aliphatic heterocycles. The van der Waals surface area contributed by atoms with Crippen LogP contribution in [0.4, 0.5) is 13.2 Å². The summed E-state index contributed by atoms with van der Waals surface area (Å²) in [6.07, 6.45) is -3.32. The van der Waals surface area contributed by atoms with Crippen LogP contribution in [0.3, 0.4) is 0 Å². The van der Waals surface area contributed by atoms with Crippen molar-refractivity contribution in [1.82, 2.24) is 10.1 Å². The Balaban J connectivity index is 1.92. The Labute approximate surface area is 125 Å². The summed E-state index contributed by atoms with van der Waals surface area (Å²) < 4.78 is 44.6. The fraction of sp³-hybridized carbons (Fsp3) is 0.400. The van der Waals surface area contributed by atoms with E-state index in [0.717, 1.165) is 6.07 Å². The lowest BCUT2D eigenvalue weighted by Crippen LogP contribution is -2.25. The number of halogens is 3. The van der Waals surface area contributed by atoms with Gasteiger partial charge in [-0.3, -0.25) is 4.90 Å². The zero-order valence-electron chi connectivity index (χ0n) is 11.6. The molecule has 0 amide bonds. The van der Waals surface area contributed by atoms with E-state index in [9.17, 15) is 18.3 Å². The minimum atomic E-state index is -4.41. The minimum absolute atomic E-state index is 0.186. The van der Waals surface area contributed by atoms with E-state index in [4.69, 9.17) is 4.52 Å². The maximum absolute atomic E-state index is 13.2. The smallest absolute Gasteiger partial charge is 0.392 e. The van der Waals surface area contributed by atoms with E-state index in [1.165, 1.54) is 18.3 Å². The Hall–Kier alpha value is -1.86. The van der Waals surface area contributed by atoms with E-state index >= 15 is 0 Å². The van der Waals surface area contributed by atoms with Crippen molar-refractivity contribution in [3.05, 3.63) is 53.4 Å². The van der Waals surface area contributed by atoms with Gasteiger partial charge in [0.2, 0.25) is 0 Å². The van der Waals surface area contributed by atoms with Crippen LogP contribution >= 0.6 is 0 Å². The fourth-order valence-corrected chi connectivity index (χ4v) is 2.95. The largest absolute Gasteiger partial charge is 0.416 e. The first-order valence-electron chi connectivity index (χ1n) is 6.93. The highest BCUT2D eigenvalue weighted by atomic mass is 19.4. The van der Waals surface area contributed by atoms with Gasteiger partial charge in [-0.25, -0.2) is 0 Å². The molecule has 118 valence electrons. The molecular weight excluding hydrogens is 297 g/mol. The molecule has 0 radical (unpaired) electrons. The topological polar surface area (TPSA) is 49.5 Å². The van der Waals surface area contributed by atoms with Gasteiger partial charge < -0.3 is 9.63 Å². The normalized spacial score (nSPS) is 23.1. The first-order valence-corrected chi connectivity index (χ1v) is 6.93. The van der Waals surface area contributed by atoms with Crippen LogP contribution in [0.5, 0.6) is 0 Å². The Morgan fingerprint density at radius 2 is 2.05 bits per heavy atom. The number of hydrogen-bond donors (Lipinski definition) is 1. The second kappa shape index (κ2) is 5.73. The molecule has 22 heavy (non-hydrogen) atoms. The molecule has 2 aromatic rings. The molecule has 0 aliphatic carbocycles. The van der Waals surface area contributed by atoms with E-state index in [1.807, 2.05) is 0 Å². The Bertz CT molecular complexity index is 628. The summed E-state index contributed by atoms with van der Waals surface area (Å²) >= 11 is 0. The summed E-state index contributed by atoms with van der Waals surface area (Å²) in [4.78, 5) is 1.79. The van der Waals surface area contributed by atoms with Crippen LogP contribution in [0.15, 0.2) is 41.1 Å². The molecule has 2 atom stereocenters. The number of nitrogens with zero attached hydrogens (tertiary/aromatic N) is 2. The van der Waals surface area contributed by atoms with Crippen LogP contribution in [-0.4, -0.2) is 27.8 Å². The second-order valence-electron chi connectivity index (χ2n) is 5.40. The Kier molecular flexibility index (Phi) is 3.92. The molecule has 0 spiro atoms. The third kappa shape index (κ3) is 3.00. The summed E-state index contributed by atoms with van der Waals surface area (Å²) in [5.74, 6) is 0.559. The maximum atomic E-state index is 13.2. The summed E-state index contributed by atoms with van der Waals surface area (Å²) in [7, 11) is 0. The number of β-amino-alcohol motifs (C(OH)–C–C–N with tert-alkyl or cyclic N) is 1. The zero-order chi connectivity index (χ0) is 15.7. The monoisotopic (exact) mass is 312 g/mol. The van der Waals surface area contributed by atoms with Crippen LogP contribution in [-0.2, 0) is 12.7 Å². The average molecular weight is 312 g/mol. The predicted octanol–water partition coefficient (Wildman–Crippen LogP) is 3.00. The van der Waals surface area contributed by atoms with E-state index in [2.05, 4.69) is 5.16 Å². The third-order valence-corrected chi connectivity index (χ3v) is 3.86. The van der Waals surface area contributed by atoms with Gasteiger partial charge in [-0.05, 0) is 18.1 Å². The van der Waals surface area contributed by atoms with Gasteiger partial charge in [0.15, 0.2) is 5.76 Å². The van der Waals surface area contributed by atoms with Crippen LogP contribution in [0, 0.1) is 0 Å². The van der Waals surface area contributed by atoms with Gasteiger partial charge in [-0.1, -0.05) is 23.4 Å². The lowest BCUT2D eigenvalue weighted by molar-refractivity contribution is -0.138. The number of aliphatic hydroxyl groups is 1. The van der Waals surface area contributed by atoms with Gasteiger partial charge in [0.05, 0.1) is 24.4 Å². The molecule has 3 rings (SSSR count). The van der Waals surface area contributed by atoms with E-state index in [-0.39, 0.29) is 12.0 Å². The van der Waals surface area contributed by atoms with Crippen LogP contribution in [0.1, 0.15) is 29.3 Å². The zero-order valence-corrected chi connectivity index (χ0v) is 11.6. The van der Waals surface area contributed by atoms with E-state index in [1.54, 1.807) is 17.0 Å². The van der Waals surface area contributed by atoms with Crippen molar-refractivity contribution in [3.8, 4) is 0 Å². The number of rotatable bonds is 3. The Morgan fingerprint density at radius 1 is 1.27 bits per heavy atom. The van der Waals surface area contributed by atoms with Gasteiger partial charge >= 0.3 is 6.18 Å². The molecule has 4 nitrogen and oxygen atoms in total. The molecule has 7 heteroatoms. The van der Waals surface area contributed by atoms with Crippen molar-refractivity contribution in [3.63, 3.8) is 0 Å². The van der Waals surface area contributed by atoms with Crippen molar-refractivity contribution in [1.29, 1.82) is 0 Å². The third-order valence-electron chi connectivity index (χ3n) is 3.86. The van der Waals surface area contributed by atoms with Gasteiger partial charge in [0, 0.05) is 18.7 Å². The molecule has 1 saturated heterocycles. The first kappa shape index (κ1) is 15.1. The standard InChI is InChI=1S/C15H15F3N2O2/c16-15(17,18)13-4-2-1-3-12(13)14-7-10(21)8-20(14)9-11-5-6-19-22-11/h1-6,10,14,21H,7-9H2/t10-,14-/m0/s1. The molecule has 0 saturated carbocycles. The predicted molar refractivity (Wildman–Crippen MR) is 71.7 cm³/mol. The van der Waals surface area contributed by atoms with Gasteiger partial charge in [0.1, 0.15) is 0 Å². The lowest BCUT2D eigenvalue weighted by Gasteiger charge is -2.25. The molecule has 0 bridgehead atoms. The quantitative estimate of drug-likeness (QED) is 0.946. The van der Waals surface area contributed by atoms with E-state index in [0.29, 0.717) is 18.8 Å². The molecular formula is C15H15F3N2O2. The second-order valence-corrected chi connectivity index (χ2v) is 5.40. The molecule has 2 heterocycles. The van der Waals surface area contributed by atoms with Gasteiger partial charge in [0.25, 0.3) is 0 Å². The maximum Gasteiger partial charge on any atom is 0.416 e. The highest BCUT2D eigenvalue weighted by molar-refractivity contribution is 5.33. The van der Waals surface area contributed by atoms with Crippen molar-refractivity contribution < 1.29 is 22.8 Å². The van der Waals surface area contributed by atoms with Crippen molar-refractivity contribution in [2.75, 3.05) is 6.54 Å². The highest BCUT2D eigenvalue weighted by Gasteiger charge is 2.39. The fourth-order valence-electron chi connectivity index (χ4n) is 2.95. The number of aromatic nitrogens is 1. The van der Waals surface area contributed by atoms with E-state index < -0.39 is 23.9 Å². The van der Waals surface area contributed by atoms with Gasteiger partial charge in [-0.15, -0.1) is 0 Å². The van der Waals surface area contributed by atoms with Crippen LogP contribution < -0.4 is 0 Å². The molecule has 0 unspecified atom stereocenters. The number of alkyl halides is 3. The lowest BCUT2D eigenvalue weighted by atomic mass is 9.97. The van der Waals surface area contributed by atoms with Crippen molar-refractivity contribution in [2.24, 2.45) is 0 Å². The summed E-state index contributed by atoms with van der Waals surface area (Å²) in [6, 6.07) is 6.67. The van der Waals surface area contributed by atoms with Crippen LogP contribution in [0.2, 0.25) is 0 Å². The molecule has 1 N–H and O–H groups in total. The van der Waals surface area contributed by atoms with Gasteiger partial charge in [-0.2, -0.15) is 13.2 Å². The molecule has 1 aliphatic rings.